The first-order valence-electron chi connectivity index (χ1n) is 5.11. The predicted octanol–water partition coefficient (Wildman–Crippen LogP) is 2.27. The van der Waals surface area contributed by atoms with E-state index in [1.165, 1.54) is 12.3 Å². The number of nitrogens with zero attached hydrogens (tertiary/aromatic N) is 2. The van der Waals surface area contributed by atoms with Crippen LogP contribution >= 0.6 is 27.5 Å². The summed E-state index contributed by atoms with van der Waals surface area (Å²) in [5, 5.41) is 3.57. The van der Waals surface area contributed by atoms with Crippen LogP contribution in [0, 0.1) is 6.92 Å². The number of sulfonamides is 1. The summed E-state index contributed by atoms with van der Waals surface area (Å²) in [5.41, 5.74) is 0.677. The molecule has 0 saturated heterocycles. The molecule has 9 heteroatoms. The summed E-state index contributed by atoms with van der Waals surface area (Å²) in [4.78, 5) is 3.67. The lowest BCUT2D eigenvalue weighted by molar-refractivity contribution is 0.377. The molecule has 0 spiro atoms. The van der Waals surface area contributed by atoms with Crippen LogP contribution < -0.4 is 4.72 Å². The molecule has 19 heavy (non-hydrogen) atoms. The van der Waals surface area contributed by atoms with Gasteiger partial charge in [0, 0.05) is 16.7 Å². The topological polar surface area (TPSA) is 85.1 Å². The van der Waals surface area contributed by atoms with Crippen molar-refractivity contribution in [1.29, 1.82) is 0 Å². The number of rotatable bonds is 4. The minimum atomic E-state index is -3.76. The number of hydrogen-bond acceptors (Lipinski definition) is 5. The monoisotopic (exact) mass is 365 g/mol. The van der Waals surface area contributed by atoms with Crippen LogP contribution in [0.3, 0.4) is 0 Å². The molecule has 2 aromatic rings. The van der Waals surface area contributed by atoms with Gasteiger partial charge in [0.25, 0.3) is 0 Å². The molecule has 2 heterocycles. The quantitative estimate of drug-likeness (QED) is 0.839. The van der Waals surface area contributed by atoms with Gasteiger partial charge in [-0.1, -0.05) is 16.8 Å². The second-order valence-electron chi connectivity index (χ2n) is 3.70. The highest BCUT2D eigenvalue weighted by molar-refractivity contribution is 9.10. The molecule has 6 nitrogen and oxygen atoms in total. The Balaban J connectivity index is 2.20. The molecule has 0 aliphatic carbocycles. The van der Waals surface area contributed by atoms with Gasteiger partial charge in [0.15, 0.2) is 5.76 Å². The molecular formula is C10H9BrClN3O3S. The van der Waals surface area contributed by atoms with Crippen molar-refractivity contribution >= 4 is 37.6 Å². The summed E-state index contributed by atoms with van der Waals surface area (Å²) < 4.78 is 31.9. The van der Waals surface area contributed by atoms with Crippen LogP contribution in [0.15, 0.2) is 32.2 Å². The zero-order valence-electron chi connectivity index (χ0n) is 9.72. The van der Waals surface area contributed by atoms with Gasteiger partial charge in [-0.05, 0) is 28.9 Å². The molecule has 0 amide bonds. The maximum Gasteiger partial charge on any atom is 0.244 e. The number of aromatic nitrogens is 2. The molecule has 0 unspecified atom stereocenters. The number of halogens is 2. The normalized spacial score (nSPS) is 11.7. The van der Waals surface area contributed by atoms with E-state index in [2.05, 4.69) is 30.8 Å². The van der Waals surface area contributed by atoms with E-state index in [0.717, 1.165) is 0 Å². The first kappa shape index (κ1) is 14.4. The van der Waals surface area contributed by atoms with Gasteiger partial charge < -0.3 is 4.52 Å². The van der Waals surface area contributed by atoms with E-state index in [1.807, 2.05) is 0 Å². The van der Waals surface area contributed by atoms with Crippen molar-refractivity contribution in [2.75, 3.05) is 0 Å². The maximum atomic E-state index is 12.1. The lowest BCUT2D eigenvalue weighted by Crippen LogP contribution is -2.23. The van der Waals surface area contributed by atoms with Crippen molar-refractivity contribution in [3.05, 3.63) is 39.4 Å². The van der Waals surface area contributed by atoms with E-state index in [1.54, 1.807) is 13.0 Å². The fourth-order valence-corrected chi connectivity index (χ4v) is 3.27. The summed E-state index contributed by atoms with van der Waals surface area (Å²) in [7, 11) is -3.76. The van der Waals surface area contributed by atoms with E-state index < -0.39 is 10.0 Å². The van der Waals surface area contributed by atoms with E-state index in [-0.39, 0.29) is 16.6 Å². The molecule has 0 aliphatic heterocycles. The number of pyridine rings is 1. The third-order valence-corrected chi connectivity index (χ3v) is 4.44. The summed E-state index contributed by atoms with van der Waals surface area (Å²) in [6.07, 6.45) is 1.42. The van der Waals surface area contributed by atoms with Gasteiger partial charge in [-0.15, -0.1) is 0 Å². The predicted molar refractivity (Wildman–Crippen MR) is 72.2 cm³/mol. The fraction of sp³-hybridized carbons (Fsp3) is 0.200. The molecular weight excluding hydrogens is 358 g/mol. The highest BCUT2D eigenvalue weighted by Crippen LogP contribution is 2.22. The first-order chi connectivity index (χ1) is 8.88. The van der Waals surface area contributed by atoms with Crippen LogP contribution in [-0.2, 0) is 16.6 Å². The summed E-state index contributed by atoms with van der Waals surface area (Å²) in [6.45, 7) is 1.74. The van der Waals surface area contributed by atoms with Crippen LogP contribution in [0.4, 0.5) is 0 Å². The number of hydrogen-bond donors (Lipinski definition) is 1. The summed E-state index contributed by atoms with van der Waals surface area (Å²) in [6, 6.07) is 3.02. The third kappa shape index (κ3) is 3.53. The average molecular weight is 367 g/mol. The van der Waals surface area contributed by atoms with Crippen molar-refractivity contribution in [2.45, 2.75) is 18.4 Å². The number of nitrogens with one attached hydrogen (secondary N) is 1. The molecule has 0 fully saturated rings. The van der Waals surface area contributed by atoms with Crippen LogP contribution in [0.5, 0.6) is 0 Å². The summed E-state index contributed by atoms with van der Waals surface area (Å²) >= 11 is 8.93. The SMILES string of the molecule is Cc1cc(CNS(=O)(=O)c2cc(Br)cnc2Cl)on1. The molecule has 0 saturated carbocycles. The maximum absolute atomic E-state index is 12.1. The minimum absolute atomic E-state index is 0.00792. The van der Waals surface area contributed by atoms with E-state index in [4.69, 9.17) is 16.1 Å². The summed E-state index contributed by atoms with van der Waals surface area (Å²) in [5.74, 6) is 0.417. The van der Waals surface area contributed by atoms with Crippen molar-refractivity contribution < 1.29 is 12.9 Å². The second kappa shape index (κ2) is 5.58. The van der Waals surface area contributed by atoms with E-state index >= 15 is 0 Å². The van der Waals surface area contributed by atoms with Crippen molar-refractivity contribution in [3.8, 4) is 0 Å². The molecule has 102 valence electrons. The Labute approximate surface area is 123 Å². The Kier molecular flexibility index (Phi) is 4.24. The van der Waals surface area contributed by atoms with Crippen molar-refractivity contribution in [2.24, 2.45) is 0 Å². The fourth-order valence-electron chi connectivity index (χ4n) is 1.34. The Hall–Kier alpha value is -0.960. The highest BCUT2D eigenvalue weighted by atomic mass is 79.9. The van der Waals surface area contributed by atoms with E-state index in [9.17, 15) is 8.42 Å². The average Bonchev–Trinajstić information content (AvgIpc) is 2.76. The molecule has 2 rings (SSSR count). The largest absolute Gasteiger partial charge is 0.360 e. The van der Waals surface area contributed by atoms with Gasteiger partial charge in [-0.2, -0.15) is 0 Å². The molecule has 0 radical (unpaired) electrons. The Bertz CT molecular complexity index is 702. The van der Waals surface area contributed by atoms with Gasteiger partial charge in [-0.25, -0.2) is 18.1 Å². The number of aryl methyl sites for hydroxylation is 1. The van der Waals surface area contributed by atoms with Crippen LogP contribution in [0.25, 0.3) is 0 Å². The minimum Gasteiger partial charge on any atom is -0.360 e. The van der Waals surface area contributed by atoms with Crippen molar-refractivity contribution in [3.63, 3.8) is 0 Å². The van der Waals surface area contributed by atoms with Gasteiger partial charge in [0.1, 0.15) is 10.0 Å². The second-order valence-corrected chi connectivity index (χ2v) is 6.71. The zero-order chi connectivity index (χ0) is 14.0. The molecule has 0 atom stereocenters. The molecule has 0 aliphatic rings. The molecule has 0 aromatic carbocycles. The first-order valence-corrected chi connectivity index (χ1v) is 7.77. The van der Waals surface area contributed by atoms with Crippen LogP contribution in [0.2, 0.25) is 5.15 Å². The van der Waals surface area contributed by atoms with Gasteiger partial charge in [0.2, 0.25) is 10.0 Å². The highest BCUT2D eigenvalue weighted by Gasteiger charge is 2.19. The lowest BCUT2D eigenvalue weighted by Gasteiger charge is -2.06. The third-order valence-electron chi connectivity index (χ3n) is 2.18. The lowest BCUT2D eigenvalue weighted by atomic mass is 10.4. The molecule has 2 aromatic heterocycles. The van der Waals surface area contributed by atoms with Crippen molar-refractivity contribution in [1.82, 2.24) is 14.9 Å². The van der Waals surface area contributed by atoms with Gasteiger partial charge in [-0.3, -0.25) is 0 Å². The van der Waals surface area contributed by atoms with E-state index in [0.29, 0.717) is 15.9 Å². The molecule has 1 N–H and O–H groups in total. The smallest absolute Gasteiger partial charge is 0.244 e. The standard InChI is InChI=1S/C10H9BrClN3O3S/c1-6-2-8(18-15-6)5-14-19(16,17)9-3-7(11)4-13-10(9)12/h2-4,14H,5H2,1H3. The van der Waals surface area contributed by atoms with Gasteiger partial charge >= 0.3 is 0 Å². The van der Waals surface area contributed by atoms with Crippen LogP contribution in [-0.4, -0.2) is 18.6 Å². The van der Waals surface area contributed by atoms with Crippen LogP contribution in [0.1, 0.15) is 11.5 Å². The Morgan fingerprint density at radius 2 is 2.21 bits per heavy atom. The van der Waals surface area contributed by atoms with Gasteiger partial charge in [0.05, 0.1) is 12.2 Å². The Morgan fingerprint density at radius 3 is 2.84 bits per heavy atom. The molecule has 0 bridgehead atoms. The zero-order valence-corrected chi connectivity index (χ0v) is 12.9. The Morgan fingerprint density at radius 1 is 1.47 bits per heavy atom.